The van der Waals surface area contributed by atoms with Crippen molar-refractivity contribution in [2.24, 2.45) is 0 Å². The first-order valence-corrected chi connectivity index (χ1v) is 7.36. The minimum atomic E-state index is -0.918. The van der Waals surface area contributed by atoms with Crippen LogP contribution in [0.1, 0.15) is 15.9 Å². The Morgan fingerprint density at radius 1 is 1.10 bits per heavy atom. The number of aromatic carboxylic acids is 1. The van der Waals surface area contributed by atoms with Gasteiger partial charge in [0.05, 0.1) is 5.56 Å². The smallest absolute Gasteiger partial charge is 0.336 e. The van der Waals surface area contributed by atoms with Gasteiger partial charge in [0.2, 0.25) is 0 Å². The standard InChI is InChI=1S/C16H14O4S/c1-10-2-5-15(12(8-10)16(17)18)21-11-3-4-13-14(9-11)20-7-6-19-13/h2-5,8-9H,6-7H2,1H3,(H,17,18). The summed E-state index contributed by atoms with van der Waals surface area (Å²) in [7, 11) is 0. The Balaban J connectivity index is 1.92. The molecule has 1 aliphatic rings. The molecule has 2 aromatic rings. The molecular weight excluding hydrogens is 288 g/mol. The highest BCUT2D eigenvalue weighted by molar-refractivity contribution is 7.99. The number of carboxylic acid groups (broad SMARTS) is 1. The highest BCUT2D eigenvalue weighted by Gasteiger charge is 2.15. The predicted molar refractivity (Wildman–Crippen MR) is 79.7 cm³/mol. The minimum absolute atomic E-state index is 0.315. The molecule has 0 aromatic heterocycles. The number of rotatable bonds is 3. The second-order valence-electron chi connectivity index (χ2n) is 4.71. The number of hydrogen-bond donors (Lipinski definition) is 1. The van der Waals surface area contributed by atoms with Gasteiger partial charge in [0, 0.05) is 9.79 Å². The predicted octanol–water partition coefficient (Wildman–Crippen LogP) is 3.62. The first-order chi connectivity index (χ1) is 10.1. The van der Waals surface area contributed by atoms with Gasteiger partial charge < -0.3 is 14.6 Å². The molecule has 0 radical (unpaired) electrons. The second-order valence-corrected chi connectivity index (χ2v) is 5.83. The van der Waals surface area contributed by atoms with Gasteiger partial charge in [-0.25, -0.2) is 4.79 Å². The van der Waals surface area contributed by atoms with Crippen LogP contribution in [0.25, 0.3) is 0 Å². The van der Waals surface area contributed by atoms with E-state index in [4.69, 9.17) is 9.47 Å². The number of benzene rings is 2. The Morgan fingerprint density at radius 2 is 1.86 bits per heavy atom. The van der Waals surface area contributed by atoms with Crippen LogP contribution >= 0.6 is 11.8 Å². The van der Waals surface area contributed by atoms with Crippen molar-refractivity contribution in [2.75, 3.05) is 13.2 Å². The Labute approximate surface area is 126 Å². The number of fused-ring (bicyclic) bond motifs is 1. The largest absolute Gasteiger partial charge is 0.486 e. The van der Waals surface area contributed by atoms with Crippen LogP contribution in [0.5, 0.6) is 11.5 Å². The van der Waals surface area contributed by atoms with Crippen LogP contribution in [-0.4, -0.2) is 24.3 Å². The van der Waals surface area contributed by atoms with Crippen LogP contribution < -0.4 is 9.47 Å². The molecule has 4 nitrogen and oxygen atoms in total. The van der Waals surface area contributed by atoms with Crippen molar-refractivity contribution in [3.05, 3.63) is 47.5 Å². The molecule has 1 heterocycles. The van der Waals surface area contributed by atoms with E-state index in [1.54, 1.807) is 6.07 Å². The summed E-state index contributed by atoms with van der Waals surface area (Å²) in [5.74, 6) is 0.516. The lowest BCUT2D eigenvalue weighted by Crippen LogP contribution is -2.15. The summed E-state index contributed by atoms with van der Waals surface area (Å²) in [5, 5.41) is 9.30. The molecule has 0 aliphatic carbocycles. The number of carboxylic acids is 1. The molecule has 0 amide bonds. The maximum absolute atomic E-state index is 11.3. The third-order valence-electron chi connectivity index (χ3n) is 3.11. The molecule has 0 fully saturated rings. The first-order valence-electron chi connectivity index (χ1n) is 6.55. The van der Waals surface area contributed by atoms with E-state index in [1.165, 1.54) is 11.8 Å². The van der Waals surface area contributed by atoms with Crippen LogP contribution in [0, 0.1) is 6.92 Å². The first kappa shape index (κ1) is 13.8. The van der Waals surface area contributed by atoms with E-state index in [9.17, 15) is 9.90 Å². The van der Waals surface area contributed by atoms with E-state index < -0.39 is 5.97 Å². The average molecular weight is 302 g/mol. The number of aryl methyl sites for hydroxylation is 1. The molecule has 108 valence electrons. The Kier molecular flexibility index (Phi) is 3.75. The molecule has 0 spiro atoms. The molecule has 1 aliphatic heterocycles. The topological polar surface area (TPSA) is 55.8 Å². The van der Waals surface area contributed by atoms with Gasteiger partial charge in [0.1, 0.15) is 13.2 Å². The Bertz CT molecular complexity index is 697. The third kappa shape index (κ3) is 2.97. The van der Waals surface area contributed by atoms with Gasteiger partial charge >= 0.3 is 5.97 Å². The van der Waals surface area contributed by atoms with Crippen molar-refractivity contribution in [1.29, 1.82) is 0 Å². The van der Waals surface area contributed by atoms with E-state index in [0.29, 0.717) is 29.4 Å². The maximum Gasteiger partial charge on any atom is 0.336 e. The highest BCUT2D eigenvalue weighted by atomic mass is 32.2. The Hall–Kier alpha value is -2.14. The van der Waals surface area contributed by atoms with Crippen molar-refractivity contribution in [3.8, 4) is 11.5 Å². The third-order valence-corrected chi connectivity index (χ3v) is 4.17. The monoisotopic (exact) mass is 302 g/mol. The molecule has 1 N–H and O–H groups in total. The lowest BCUT2D eigenvalue weighted by Gasteiger charge is -2.18. The van der Waals surface area contributed by atoms with Crippen molar-refractivity contribution < 1.29 is 19.4 Å². The summed E-state index contributed by atoms with van der Waals surface area (Å²) in [6.45, 7) is 2.97. The lowest BCUT2D eigenvalue weighted by molar-refractivity contribution is 0.0693. The van der Waals surface area contributed by atoms with Gasteiger partial charge in [0.25, 0.3) is 0 Å². The van der Waals surface area contributed by atoms with Crippen LogP contribution in [0.4, 0.5) is 0 Å². The maximum atomic E-state index is 11.3. The normalized spacial score (nSPS) is 13.0. The molecule has 5 heteroatoms. The molecule has 2 aromatic carbocycles. The number of carbonyl (C=O) groups is 1. The van der Waals surface area contributed by atoms with Crippen LogP contribution in [0.2, 0.25) is 0 Å². The quantitative estimate of drug-likeness (QED) is 0.938. The molecule has 0 unspecified atom stereocenters. The molecule has 3 rings (SSSR count). The Morgan fingerprint density at radius 3 is 2.62 bits per heavy atom. The van der Waals surface area contributed by atoms with Crippen LogP contribution in [0.3, 0.4) is 0 Å². The van der Waals surface area contributed by atoms with Crippen LogP contribution in [0.15, 0.2) is 46.2 Å². The summed E-state index contributed by atoms with van der Waals surface area (Å²) in [5.41, 5.74) is 1.24. The van der Waals surface area contributed by atoms with Gasteiger partial charge in [-0.05, 0) is 37.3 Å². The minimum Gasteiger partial charge on any atom is -0.486 e. The fraction of sp³-hybridized carbons (Fsp3) is 0.188. The molecule has 0 saturated carbocycles. The zero-order valence-corrected chi connectivity index (χ0v) is 12.3. The van der Waals surface area contributed by atoms with E-state index in [2.05, 4.69) is 0 Å². The molecule has 0 bridgehead atoms. The summed E-state index contributed by atoms with van der Waals surface area (Å²) in [4.78, 5) is 13.0. The molecule has 21 heavy (non-hydrogen) atoms. The summed E-state index contributed by atoms with van der Waals surface area (Å²) in [6.07, 6.45) is 0. The van der Waals surface area contributed by atoms with Crippen molar-refractivity contribution in [1.82, 2.24) is 0 Å². The van der Waals surface area contributed by atoms with E-state index in [-0.39, 0.29) is 0 Å². The van der Waals surface area contributed by atoms with E-state index in [0.717, 1.165) is 16.2 Å². The van der Waals surface area contributed by atoms with E-state index >= 15 is 0 Å². The fourth-order valence-electron chi connectivity index (χ4n) is 2.11. The lowest BCUT2D eigenvalue weighted by atomic mass is 10.1. The zero-order chi connectivity index (χ0) is 14.8. The fourth-order valence-corrected chi connectivity index (χ4v) is 3.06. The summed E-state index contributed by atoms with van der Waals surface area (Å²) < 4.78 is 11.0. The second kappa shape index (κ2) is 5.69. The molecule has 0 atom stereocenters. The number of hydrogen-bond acceptors (Lipinski definition) is 4. The molecule has 0 saturated heterocycles. The van der Waals surface area contributed by atoms with Crippen molar-refractivity contribution in [3.63, 3.8) is 0 Å². The van der Waals surface area contributed by atoms with Crippen molar-refractivity contribution in [2.45, 2.75) is 16.7 Å². The van der Waals surface area contributed by atoms with Gasteiger partial charge in [-0.3, -0.25) is 0 Å². The van der Waals surface area contributed by atoms with Crippen LogP contribution in [-0.2, 0) is 0 Å². The highest BCUT2D eigenvalue weighted by Crippen LogP contribution is 2.38. The molecular formula is C16H14O4S. The zero-order valence-electron chi connectivity index (χ0n) is 11.5. The van der Waals surface area contributed by atoms with E-state index in [1.807, 2.05) is 37.3 Å². The number of ether oxygens (including phenoxy) is 2. The summed E-state index contributed by atoms with van der Waals surface area (Å²) >= 11 is 1.41. The average Bonchev–Trinajstić information content (AvgIpc) is 2.49. The van der Waals surface area contributed by atoms with Gasteiger partial charge in [-0.15, -0.1) is 0 Å². The van der Waals surface area contributed by atoms with Gasteiger partial charge in [0.15, 0.2) is 11.5 Å². The van der Waals surface area contributed by atoms with Gasteiger partial charge in [-0.2, -0.15) is 0 Å². The van der Waals surface area contributed by atoms with Crippen molar-refractivity contribution >= 4 is 17.7 Å². The van der Waals surface area contributed by atoms with Gasteiger partial charge in [-0.1, -0.05) is 23.4 Å². The summed E-state index contributed by atoms with van der Waals surface area (Å²) in [6, 6.07) is 11.1. The SMILES string of the molecule is Cc1ccc(Sc2ccc3c(c2)OCCO3)c(C(=O)O)c1.